The van der Waals surface area contributed by atoms with Crippen LogP contribution in [0.1, 0.15) is 15.9 Å². The predicted octanol–water partition coefficient (Wildman–Crippen LogP) is 3.26. The van der Waals surface area contributed by atoms with E-state index in [0.29, 0.717) is 22.6 Å². The zero-order chi connectivity index (χ0) is 18.4. The molecule has 1 amide bonds. The van der Waals surface area contributed by atoms with E-state index in [1.807, 2.05) is 53.4 Å². The standard InChI is InChI=1S/C20H19N3O3/c1-25-18-7-5-6-16(19(18)26-2)14-21-22-20(24)15-8-10-17(11-9-15)23-12-3-4-13-23/h3-14H,1-2H3,(H,22,24). The third kappa shape index (κ3) is 3.75. The number of methoxy groups -OCH3 is 2. The Kier molecular flexibility index (Phi) is 5.34. The van der Waals surface area contributed by atoms with E-state index in [4.69, 9.17) is 9.47 Å². The molecule has 0 radical (unpaired) electrons. The van der Waals surface area contributed by atoms with E-state index in [2.05, 4.69) is 10.5 Å². The highest BCUT2D eigenvalue weighted by Gasteiger charge is 2.08. The molecule has 132 valence electrons. The molecular weight excluding hydrogens is 330 g/mol. The number of nitrogens with one attached hydrogen (secondary N) is 1. The van der Waals surface area contributed by atoms with Crippen molar-refractivity contribution < 1.29 is 14.3 Å². The van der Waals surface area contributed by atoms with Crippen molar-refractivity contribution in [3.8, 4) is 17.2 Å². The fraction of sp³-hybridized carbons (Fsp3) is 0.100. The van der Waals surface area contributed by atoms with Crippen LogP contribution < -0.4 is 14.9 Å². The molecule has 0 bridgehead atoms. The summed E-state index contributed by atoms with van der Waals surface area (Å²) in [5.74, 6) is 0.870. The summed E-state index contributed by atoms with van der Waals surface area (Å²) >= 11 is 0. The van der Waals surface area contributed by atoms with Crippen LogP contribution in [0.2, 0.25) is 0 Å². The number of para-hydroxylation sites is 1. The minimum atomic E-state index is -0.290. The lowest BCUT2D eigenvalue weighted by Gasteiger charge is -2.09. The monoisotopic (exact) mass is 349 g/mol. The molecule has 0 aliphatic rings. The maximum absolute atomic E-state index is 12.2. The number of rotatable bonds is 6. The van der Waals surface area contributed by atoms with Crippen molar-refractivity contribution in [1.29, 1.82) is 0 Å². The molecule has 2 aromatic carbocycles. The molecule has 0 atom stereocenters. The number of hydrazone groups is 1. The maximum atomic E-state index is 12.2. The minimum absolute atomic E-state index is 0.290. The summed E-state index contributed by atoms with van der Waals surface area (Å²) in [6.07, 6.45) is 5.41. The molecule has 26 heavy (non-hydrogen) atoms. The third-order valence-corrected chi connectivity index (χ3v) is 3.84. The lowest BCUT2D eigenvalue weighted by molar-refractivity contribution is 0.0955. The number of hydrogen-bond acceptors (Lipinski definition) is 4. The van der Waals surface area contributed by atoms with Crippen molar-refractivity contribution >= 4 is 12.1 Å². The van der Waals surface area contributed by atoms with Gasteiger partial charge in [0.25, 0.3) is 5.91 Å². The second kappa shape index (κ2) is 8.02. The van der Waals surface area contributed by atoms with E-state index in [0.717, 1.165) is 5.69 Å². The van der Waals surface area contributed by atoms with E-state index in [9.17, 15) is 4.79 Å². The molecule has 1 aromatic heterocycles. The van der Waals surface area contributed by atoms with Gasteiger partial charge in [-0.3, -0.25) is 4.79 Å². The van der Waals surface area contributed by atoms with Crippen molar-refractivity contribution in [3.63, 3.8) is 0 Å². The van der Waals surface area contributed by atoms with Crippen molar-refractivity contribution in [1.82, 2.24) is 9.99 Å². The van der Waals surface area contributed by atoms with Crippen molar-refractivity contribution in [2.45, 2.75) is 0 Å². The summed E-state index contributed by atoms with van der Waals surface area (Å²) in [7, 11) is 3.12. The zero-order valence-corrected chi connectivity index (χ0v) is 14.5. The van der Waals surface area contributed by atoms with Crippen LogP contribution in [0.5, 0.6) is 11.5 Å². The number of ether oxygens (including phenoxy) is 2. The van der Waals surface area contributed by atoms with Crippen molar-refractivity contribution in [2.24, 2.45) is 5.10 Å². The summed E-state index contributed by atoms with van der Waals surface area (Å²) in [5.41, 5.74) is 4.73. The summed E-state index contributed by atoms with van der Waals surface area (Å²) in [6.45, 7) is 0. The highest BCUT2D eigenvalue weighted by Crippen LogP contribution is 2.29. The lowest BCUT2D eigenvalue weighted by Crippen LogP contribution is -2.17. The van der Waals surface area contributed by atoms with E-state index >= 15 is 0 Å². The Labute approximate surface area is 151 Å². The largest absolute Gasteiger partial charge is 0.493 e. The van der Waals surface area contributed by atoms with Crippen molar-refractivity contribution in [2.75, 3.05) is 14.2 Å². The molecule has 0 saturated carbocycles. The molecule has 3 rings (SSSR count). The molecule has 6 nitrogen and oxygen atoms in total. The van der Waals surface area contributed by atoms with Gasteiger partial charge in [0.15, 0.2) is 11.5 Å². The maximum Gasteiger partial charge on any atom is 0.271 e. The second-order valence-electron chi connectivity index (χ2n) is 5.42. The normalized spacial score (nSPS) is 10.7. The molecule has 0 aliphatic heterocycles. The number of amides is 1. The summed E-state index contributed by atoms with van der Waals surface area (Å²) in [5, 5.41) is 4.01. The van der Waals surface area contributed by atoms with Crippen LogP contribution >= 0.6 is 0 Å². The van der Waals surface area contributed by atoms with Crippen LogP contribution in [0.3, 0.4) is 0 Å². The SMILES string of the molecule is COc1cccc(C=NNC(=O)c2ccc(-n3cccc3)cc2)c1OC. The Morgan fingerprint density at radius 3 is 2.38 bits per heavy atom. The minimum Gasteiger partial charge on any atom is -0.493 e. The van der Waals surface area contributed by atoms with Gasteiger partial charge < -0.3 is 14.0 Å². The molecule has 1 N–H and O–H groups in total. The topological polar surface area (TPSA) is 64.8 Å². The van der Waals surface area contributed by atoms with Crippen molar-refractivity contribution in [3.05, 3.63) is 78.1 Å². The average Bonchev–Trinajstić information content (AvgIpc) is 3.22. The van der Waals surface area contributed by atoms with Gasteiger partial charge in [0.1, 0.15) is 0 Å². The first kappa shape index (κ1) is 17.3. The summed E-state index contributed by atoms with van der Waals surface area (Å²) in [4.78, 5) is 12.2. The van der Waals surface area contributed by atoms with Gasteiger partial charge in [-0.2, -0.15) is 5.10 Å². The number of carbonyl (C=O) groups excluding carboxylic acids is 1. The number of aromatic nitrogens is 1. The van der Waals surface area contributed by atoms with Gasteiger partial charge in [-0.1, -0.05) is 6.07 Å². The van der Waals surface area contributed by atoms with Gasteiger partial charge in [0, 0.05) is 29.2 Å². The van der Waals surface area contributed by atoms with Crippen LogP contribution in [0, 0.1) is 0 Å². The molecular formula is C20H19N3O3. The fourth-order valence-corrected chi connectivity index (χ4v) is 2.53. The molecule has 0 aliphatic carbocycles. The molecule has 0 spiro atoms. The van der Waals surface area contributed by atoms with Crippen LogP contribution in [-0.4, -0.2) is 30.9 Å². The van der Waals surface area contributed by atoms with E-state index in [1.54, 1.807) is 32.4 Å². The molecule has 0 saturated heterocycles. The molecule has 0 fully saturated rings. The Hall–Kier alpha value is -3.54. The number of nitrogens with zero attached hydrogens (tertiary/aromatic N) is 2. The number of benzene rings is 2. The molecule has 1 heterocycles. The first-order valence-corrected chi connectivity index (χ1v) is 8.00. The lowest BCUT2D eigenvalue weighted by atomic mass is 10.2. The van der Waals surface area contributed by atoms with Crippen LogP contribution in [-0.2, 0) is 0 Å². The van der Waals surface area contributed by atoms with E-state index in [-0.39, 0.29) is 5.91 Å². The van der Waals surface area contributed by atoms with Gasteiger partial charge in [-0.05, 0) is 48.5 Å². The smallest absolute Gasteiger partial charge is 0.271 e. The second-order valence-corrected chi connectivity index (χ2v) is 5.42. The predicted molar refractivity (Wildman–Crippen MR) is 100 cm³/mol. The van der Waals surface area contributed by atoms with Crippen LogP contribution in [0.25, 0.3) is 5.69 Å². The molecule has 0 unspecified atom stereocenters. The van der Waals surface area contributed by atoms with E-state index < -0.39 is 0 Å². The molecule has 3 aromatic rings. The summed E-state index contributed by atoms with van der Waals surface area (Å²) < 4.78 is 12.5. The Bertz CT molecular complexity index is 901. The zero-order valence-electron chi connectivity index (χ0n) is 14.5. The van der Waals surface area contributed by atoms with Gasteiger partial charge >= 0.3 is 0 Å². The quantitative estimate of drug-likeness (QED) is 0.549. The third-order valence-electron chi connectivity index (χ3n) is 3.84. The summed E-state index contributed by atoms with van der Waals surface area (Å²) in [6, 6.07) is 16.6. The van der Waals surface area contributed by atoms with Crippen LogP contribution in [0.15, 0.2) is 72.1 Å². The Morgan fingerprint density at radius 2 is 1.73 bits per heavy atom. The first-order chi connectivity index (χ1) is 12.7. The average molecular weight is 349 g/mol. The van der Waals surface area contributed by atoms with Gasteiger partial charge in [-0.15, -0.1) is 0 Å². The van der Waals surface area contributed by atoms with Crippen LogP contribution in [0.4, 0.5) is 0 Å². The first-order valence-electron chi connectivity index (χ1n) is 8.00. The molecule has 6 heteroatoms. The number of hydrogen-bond donors (Lipinski definition) is 1. The Morgan fingerprint density at radius 1 is 1.00 bits per heavy atom. The van der Waals surface area contributed by atoms with E-state index in [1.165, 1.54) is 6.21 Å². The van der Waals surface area contributed by atoms with Gasteiger partial charge in [-0.25, -0.2) is 5.43 Å². The fourth-order valence-electron chi connectivity index (χ4n) is 2.53. The van der Waals surface area contributed by atoms with Gasteiger partial charge in [0.2, 0.25) is 0 Å². The highest BCUT2D eigenvalue weighted by atomic mass is 16.5. The van der Waals surface area contributed by atoms with Gasteiger partial charge in [0.05, 0.1) is 20.4 Å². The Balaban J connectivity index is 1.68. The number of carbonyl (C=O) groups is 1. The highest BCUT2D eigenvalue weighted by molar-refractivity contribution is 5.95.